The number of aromatic nitrogens is 6. The molecule has 0 aliphatic carbocycles. The normalized spacial score (nSPS) is 11.5. The Balaban J connectivity index is 1.46. The highest BCUT2D eigenvalue weighted by molar-refractivity contribution is 5.58. The molecule has 0 saturated carbocycles. The Labute approximate surface area is 171 Å². The molecule has 0 unspecified atom stereocenters. The van der Waals surface area contributed by atoms with E-state index < -0.39 is 12.3 Å². The van der Waals surface area contributed by atoms with Crippen LogP contribution in [0, 0.1) is 0 Å². The second-order valence-electron chi connectivity index (χ2n) is 7.02. The van der Waals surface area contributed by atoms with Crippen molar-refractivity contribution in [1.82, 2.24) is 35.1 Å². The van der Waals surface area contributed by atoms with Gasteiger partial charge in [-0.25, -0.2) is 4.68 Å². The van der Waals surface area contributed by atoms with Crippen LogP contribution in [0.2, 0.25) is 0 Å². The fourth-order valence-corrected chi connectivity index (χ4v) is 2.95. The Kier molecular flexibility index (Phi) is 5.57. The summed E-state index contributed by atoms with van der Waals surface area (Å²) in [7, 11) is 4.05. The van der Waals surface area contributed by atoms with Gasteiger partial charge in [-0.2, -0.15) is 8.78 Å². The molecule has 0 aliphatic heterocycles. The van der Waals surface area contributed by atoms with Crippen LogP contribution in [0.3, 0.4) is 0 Å². The number of benzene rings is 1. The summed E-state index contributed by atoms with van der Waals surface area (Å²) in [5.74, 6) is -0.705. The van der Waals surface area contributed by atoms with Gasteiger partial charge in [-0.05, 0) is 37.9 Å². The lowest BCUT2D eigenvalue weighted by Crippen LogP contribution is -2.10. The zero-order valence-electron chi connectivity index (χ0n) is 16.4. The zero-order valence-corrected chi connectivity index (χ0v) is 16.4. The highest BCUT2D eigenvalue weighted by Gasteiger charge is 2.17. The smallest absolute Gasteiger partial charge is 0.314 e. The molecule has 0 saturated heterocycles. The summed E-state index contributed by atoms with van der Waals surface area (Å²) in [6, 6.07) is 11.6. The van der Waals surface area contributed by atoms with Crippen LogP contribution in [-0.4, -0.2) is 49.2 Å². The molecule has 0 aliphatic rings. The fraction of sp³-hybridized carbons (Fsp3) is 0.250. The van der Waals surface area contributed by atoms with E-state index in [1.54, 1.807) is 16.8 Å². The molecule has 4 rings (SSSR count). The van der Waals surface area contributed by atoms with Crippen molar-refractivity contribution >= 4 is 0 Å². The second kappa shape index (κ2) is 8.46. The van der Waals surface area contributed by atoms with Crippen molar-refractivity contribution in [3.8, 4) is 22.7 Å². The van der Waals surface area contributed by atoms with Crippen LogP contribution in [0.1, 0.15) is 23.6 Å². The molecule has 0 bridgehead atoms. The van der Waals surface area contributed by atoms with Gasteiger partial charge in [0.1, 0.15) is 5.69 Å². The van der Waals surface area contributed by atoms with Crippen molar-refractivity contribution in [1.29, 1.82) is 0 Å². The summed E-state index contributed by atoms with van der Waals surface area (Å²) < 4.78 is 31.8. The van der Waals surface area contributed by atoms with E-state index in [2.05, 4.69) is 42.5 Å². The first-order valence-corrected chi connectivity index (χ1v) is 9.19. The van der Waals surface area contributed by atoms with E-state index in [0.29, 0.717) is 12.1 Å². The Bertz CT molecular complexity index is 1120. The Morgan fingerprint density at radius 3 is 2.63 bits per heavy atom. The molecule has 0 N–H and O–H groups in total. The summed E-state index contributed by atoms with van der Waals surface area (Å²) in [4.78, 5) is 6.43. The maximum Gasteiger partial charge on any atom is 0.314 e. The molecule has 4 aromatic rings. The lowest BCUT2D eigenvalue weighted by Gasteiger charge is -2.09. The quantitative estimate of drug-likeness (QED) is 0.460. The van der Waals surface area contributed by atoms with Gasteiger partial charge in [0.2, 0.25) is 5.89 Å². The Morgan fingerprint density at radius 1 is 1.07 bits per heavy atom. The van der Waals surface area contributed by atoms with E-state index in [4.69, 9.17) is 4.42 Å². The number of nitrogens with zero attached hydrogens (tertiary/aromatic N) is 7. The lowest BCUT2D eigenvalue weighted by atomic mass is 10.1. The number of hydrogen-bond acceptors (Lipinski definition) is 7. The van der Waals surface area contributed by atoms with E-state index >= 15 is 0 Å². The molecule has 0 spiro atoms. The average Bonchev–Trinajstić information content (AvgIpc) is 3.38. The van der Waals surface area contributed by atoms with Gasteiger partial charge in [-0.15, -0.1) is 15.3 Å². The maximum absolute atomic E-state index is 12.6. The Morgan fingerprint density at radius 2 is 1.93 bits per heavy atom. The molecule has 3 heterocycles. The van der Waals surface area contributed by atoms with Crippen LogP contribution in [0.25, 0.3) is 22.7 Å². The van der Waals surface area contributed by atoms with E-state index in [1.165, 1.54) is 11.8 Å². The number of halogens is 2. The first kappa shape index (κ1) is 19.8. The minimum absolute atomic E-state index is 0.00463. The highest BCUT2D eigenvalue weighted by Crippen LogP contribution is 2.23. The predicted molar refractivity (Wildman–Crippen MR) is 104 cm³/mol. The number of hydrogen-bond donors (Lipinski definition) is 0. The molecule has 0 fully saturated rings. The van der Waals surface area contributed by atoms with Crippen LogP contribution in [0.15, 0.2) is 53.2 Å². The molecule has 0 radical (unpaired) electrons. The van der Waals surface area contributed by atoms with Crippen molar-refractivity contribution in [2.75, 3.05) is 14.1 Å². The Hall–Kier alpha value is -3.53. The molecule has 154 valence electrons. The topological polar surface area (TPSA) is 85.8 Å². The third-order valence-electron chi connectivity index (χ3n) is 4.28. The third-order valence-corrected chi connectivity index (χ3v) is 4.28. The first-order valence-electron chi connectivity index (χ1n) is 9.19. The van der Waals surface area contributed by atoms with Crippen LogP contribution in [0.4, 0.5) is 8.78 Å². The molecule has 1 aromatic carbocycles. The van der Waals surface area contributed by atoms with Gasteiger partial charge < -0.3 is 9.32 Å². The molecule has 10 heteroatoms. The molecule has 0 amide bonds. The van der Waals surface area contributed by atoms with Crippen LogP contribution in [0.5, 0.6) is 0 Å². The molecule has 8 nitrogen and oxygen atoms in total. The summed E-state index contributed by atoms with van der Waals surface area (Å²) in [6.45, 7) is 1.26. The van der Waals surface area contributed by atoms with Gasteiger partial charge in [-0.3, -0.25) is 4.98 Å². The lowest BCUT2D eigenvalue weighted by molar-refractivity contribution is 0.116. The molecule has 30 heavy (non-hydrogen) atoms. The van der Waals surface area contributed by atoms with Crippen molar-refractivity contribution < 1.29 is 13.2 Å². The molecule has 3 aromatic heterocycles. The van der Waals surface area contributed by atoms with E-state index in [0.717, 1.165) is 23.5 Å². The SMILES string of the molecule is CN(C)Cc1cccc(-c2cn(Cc3ccc(-c4nnc(C(F)F)o4)cn3)nn2)c1. The summed E-state index contributed by atoms with van der Waals surface area (Å²) in [5, 5.41) is 15.4. The van der Waals surface area contributed by atoms with Crippen LogP contribution < -0.4 is 0 Å². The summed E-state index contributed by atoms with van der Waals surface area (Å²) in [6.07, 6.45) is 0.557. The number of pyridine rings is 1. The minimum Gasteiger partial charge on any atom is -0.415 e. The second-order valence-corrected chi connectivity index (χ2v) is 7.02. The van der Waals surface area contributed by atoms with E-state index in [1.807, 2.05) is 32.4 Å². The summed E-state index contributed by atoms with van der Waals surface area (Å²) in [5.41, 5.74) is 4.16. The maximum atomic E-state index is 12.6. The van der Waals surface area contributed by atoms with Crippen LogP contribution >= 0.6 is 0 Å². The van der Waals surface area contributed by atoms with Gasteiger partial charge in [0, 0.05) is 18.3 Å². The highest BCUT2D eigenvalue weighted by atomic mass is 19.3. The standard InChI is InChI=1S/C20H19F2N7O/c1-28(2)10-13-4-3-5-14(8-13)17-12-29(27-24-17)11-16-7-6-15(9-23-16)19-25-26-20(30-19)18(21)22/h3-9,12,18H,10-11H2,1-2H3. The first-order chi connectivity index (χ1) is 14.5. The van der Waals surface area contributed by atoms with E-state index in [-0.39, 0.29) is 5.89 Å². The van der Waals surface area contributed by atoms with Crippen LogP contribution in [-0.2, 0) is 13.1 Å². The monoisotopic (exact) mass is 411 g/mol. The van der Waals surface area contributed by atoms with Crippen molar-refractivity contribution in [2.45, 2.75) is 19.5 Å². The van der Waals surface area contributed by atoms with Gasteiger partial charge >= 0.3 is 6.43 Å². The number of alkyl halides is 2. The zero-order chi connectivity index (χ0) is 21.1. The van der Waals surface area contributed by atoms with Gasteiger partial charge in [0.15, 0.2) is 0 Å². The molecular formula is C20H19F2N7O. The van der Waals surface area contributed by atoms with E-state index in [9.17, 15) is 8.78 Å². The van der Waals surface area contributed by atoms with Gasteiger partial charge in [-0.1, -0.05) is 23.4 Å². The fourth-order valence-electron chi connectivity index (χ4n) is 2.95. The van der Waals surface area contributed by atoms with Gasteiger partial charge in [0.25, 0.3) is 5.89 Å². The van der Waals surface area contributed by atoms with Gasteiger partial charge in [0.05, 0.1) is 24.0 Å². The summed E-state index contributed by atoms with van der Waals surface area (Å²) >= 11 is 0. The molecule has 0 atom stereocenters. The third kappa shape index (κ3) is 4.54. The predicted octanol–water partition coefficient (Wildman–Crippen LogP) is 3.44. The minimum atomic E-state index is -2.80. The largest absolute Gasteiger partial charge is 0.415 e. The molecular weight excluding hydrogens is 392 g/mol. The van der Waals surface area contributed by atoms with Crippen molar-refractivity contribution in [3.63, 3.8) is 0 Å². The number of rotatable bonds is 7. The van der Waals surface area contributed by atoms with Crippen molar-refractivity contribution in [2.24, 2.45) is 0 Å². The van der Waals surface area contributed by atoms with Crippen molar-refractivity contribution in [3.05, 3.63) is 65.9 Å². The average molecular weight is 411 g/mol.